The van der Waals surface area contributed by atoms with E-state index in [0.717, 1.165) is 5.92 Å². The quantitative estimate of drug-likeness (QED) is 0.569. The Bertz CT molecular complexity index is 88.6. The highest BCUT2D eigenvalue weighted by molar-refractivity contribution is 4.93. The van der Waals surface area contributed by atoms with Crippen molar-refractivity contribution in [3.63, 3.8) is 0 Å². The third-order valence-corrected chi connectivity index (χ3v) is 2.29. The van der Waals surface area contributed by atoms with Gasteiger partial charge in [0, 0.05) is 6.04 Å². The lowest BCUT2D eigenvalue weighted by Crippen LogP contribution is -2.15. The van der Waals surface area contributed by atoms with E-state index in [4.69, 9.17) is 5.73 Å². The summed E-state index contributed by atoms with van der Waals surface area (Å²) in [7, 11) is 0. The summed E-state index contributed by atoms with van der Waals surface area (Å²) < 4.78 is 0. The second kappa shape index (κ2) is 2.70. The molecule has 1 radical (unpaired) electrons. The van der Waals surface area contributed by atoms with Crippen molar-refractivity contribution in [2.45, 2.75) is 39.2 Å². The molecule has 1 heteroatoms. The molecule has 0 heterocycles. The Morgan fingerprint density at radius 3 is 2.22 bits per heavy atom. The minimum atomic E-state index is 0.491. The van der Waals surface area contributed by atoms with Crippen LogP contribution in [0.1, 0.15) is 33.1 Å². The molecule has 1 fully saturated rings. The molecule has 0 aromatic carbocycles. The Morgan fingerprint density at radius 2 is 2.00 bits per heavy atom. The van der Waals surface area contributed by atoms with Crippen LogP contribution in [-0.4, -0.2) is 6.04 Å². The Labute approximate surface area is 57.6 Å². The Hall–Kier alpha value is -0.0400. The first kappa shape index (κ1) is 7.07. The Kier molecular flexibility index (Phi) is 2.12. The molecule has 1 rings (SSSR count). The molecule has 0 bridgehead atoms. The van der Waals surface area contributed by atoms with E-state index in [1.807, 2.05) is 0 Å². The normalized spacial score (nSPS) is 36.0. The van der Waals surface area contributed by atoms with Crippen LogP contribution in [0.4, 0.5) is 0 Å². The third-order valence-electron chi connectivity index (χ3n) is 2.29. The van der Waals surface area contributed by atoms with E-state index in [1.165, 1.54) is 19.3 Å². The fourth-order valence-electron chi connectivity index (χ4n) is 1.54. The van der Waals surface area contributed by atoms with Crippen LogP contribution < -0.4 is 5.73 Å². The zero-order chi connectivity index (χ0) is 6.85. The molecule has 2 unspecified atom stereocenters. The number of rotatable bonds is 1. The van der Waals surface area contributed by atoms with Gasteiger partial charge in [-0.3, -0.25) is 0 Å². The largest absolute Gasteiger partial charge is 0.328 e. The Balaban J connectivity index is 2.30. The third kappa shape index (κ3) is 1.68. The van der Waals surface area contributed by atoms with Crippen molar-refractivity contribution >= 4 is 0 Å². The molecule has 2 atom stereocenters. The number of hydrogen-bond acceptors (Lipinski definition) is 1. The van der Waals surface area contributed by atoms with E-state index in [-0.39, 0.29) is 0 Å². The van der Waals surface area contributed by atoms with Crippen LogP contribution in [0.2, 0.25) is 0 Å². The van der Waals surface area contributed by atoms with Gasteiger partial charge in [0.2, 0.25) is 0 Å². The molecule has 0 amide bonds. The standard InChI is InChI=1S/C8H16N/c1-6(2)7-3-4-8(9)5-7/h7-8H,3-5,9H2,1-2H3. The summed E-state index contributed by atoms with van der Waals surface area (Å²) in [5, 5.41) is 0. The Morgan fingerprint density at radius 1 is 1.33 bits per heavy atom. The first-order valence-electron chi connectivity index (χ1n) is 3.76. The lowest BCUT2D eigenvalue weighted by atomic mass is 9.94. The lowest BCUT2D eigenvalue weighted by Gasteiger charge is -2.11. The lowest BCUT2D eigenvalue weighted by molar-refractivity contribution is 0.557. The summed E-state index contributed by atoms with van der Waals surface area (Å²) in [4.78, 5) is 0. The van der Waals surface area contributed by atoms with Crippen LogP contribution in [0.5, 0.6) is 0 Å². The summed E-state index contributed by atoms with van der Waals surface area (Å²) in [6.45, 7) is 4.42. The van der Waals surface area contributed by atoms with Gasteiger partial charge in [-0.15, -0.1) is 0 Å². The zero-order valence-electron chi connectivity index (χ0n) is 6.35. The highest BCUT2D eigenvalue weighted by Crippen LogP contribution is 2.31. The molecular weight excluding hydrogens is 110 g/mol. The SMILES string of the molecule is C[C](C)C1CCC(N)C1. The monoisotopic (exact) mass is 126 g/mol. The first-order valence-corrected chi connectivity index (χ1v) is 3.76. The van der Waals surface area contributed by atoms with Crippen LogP contribution in [0.3, 0.4) is 0 Å². The van der Waals surface area contributed by atoms with E-state index < -0.39 is 0 Å². The van der Waals surface area contributed by atoms with Crippen molar-refractivity contribution in [3.05, 3.63) is 5.92 Å². The van der Waals surface area contributed by atoms with Gasteiger partial charge in [0.25, 0.3) is 0 Å². The molecule has 0 aliphatic heterocycles. The maximum Gasteiger partial charge on any atom is 0.00417 e. The average Bonchev–Trinajstić information content (AvgIpc) is 2.14. The van der Waals surface area contributed by atoms with Gasteiger partial charge >= 0.3 is 0 Å². The topological polar surface area (TPSA) is 26.0 Å². The fraction of sp³-hybridized carbons (Fsp3) is 0.875. The van der Waals surface area contributed by atoms with E-state index >= 15 is 0 Å². The van der Waals surface area contributed by atoms with E-state index in [9.17, 15) is 0 Å². The molecule has 0 aromatic rings. The van der Waals surface area contributed by atoms with E-state index in [1.54, 1.807) is 5.92 Å². The highest BCUT2D eigenvalue weighted by atomic mass is 14.6. The molecule has 0 saturated heterocycles. The number of nitrogens with two attached hydrogens (primary N) is 1. The maximum atomic E-state index is 5.75. The van der Waals surface area contributed by atoms with Crippen LogP contribution in [0, 0.1) is 11.8 Å². The van der Waals surface area contributed by atoms with Crippen LogP contribution in [0.15, 0.2) is 0 Å². The molecule has 0 aromatic heterocycles. The number of hydrogen-bond donors (Lipinski definition) is 1. The summed E-state index contributed by atoms with van der Waals surface area (Å²) in [5.74, 6) is 2.39. The van der Waals surface area contributed by atoms with Gasteiger partial charge in [-0.05, 0) is 31.1 Å². The van der Waals surface area contributed by atoms with Crippen LogP contribution in [-0.2, 0) is 0 Å². The fourth-order valence-corrected chi connectivity index (χ4v) is 1.54. The van der Waals surface area contributed by atoms with Gasteiger partial charge in [-0.1, -0.05) is 13.8 Å². The van der Waals surface area contributed by atoms with Gasteiger partial charge in [0.05, 0.1) is 0 Å². The summed E-state index contributed by atoms with van der Waals surface area (Å²) in [6, 6.07) is 0.491. The summed E-state index contributed by atoms with van der Waals surface area (Å²) >= 11 is 0. The van der Waals surface area contributed by atoms with Crippen molar-refractivity contribution in [1.82, 2.24) is 0 Å². The van der Waals surface area contributed by atoms with Crippen LogP contribution >= 0.6 is 0 Å². The predicted molar refractivity (Wildman–Crippen MR) is 39.9 cm³/mol. The van der Waals surface area contributed by atoms with Gasteiger partial charge in [0.1, 0.15) is 0 Å². The molecule has 1 aliphatic rings. The van der Waals surface area contributed by atoms with Crippen molar-refractivity contribution in [1.29, 1.82) is 0 Å². The van der Waals surface area contributed by atoms with Crippen molar-refractivity contribution in [2.75, 3.05) is 0 Å². The summed E-state index contributed by atoms with van der Waals surface area (Å²) in [5.41, 5.74) is 5.75. The molecule has 2 N–H and O–H groups in total. The summed E-state index contributed by atoms with van der Waals surface area (Å²) in [6.07, 6.45) is 3.78. The minimum Gasteiger partial charge on any atom is -0.328 e. The van der Waals surface area contributed by atoms with Crippen molar-refractivity contribution in [2.24, 2.45) is 11.7 Å². The predicted octanol–water partition coefficient (Wildman–Crippen LogP) is 1.73. The molecule has 0 spiro atoms. The molecular formula is C8H16N. The molecule has 1 nitrogen and oxygen atoms in total. The second-order valence-electron chi connectivity index (χ2n) is 3.35. The van der Waals surface area contributed by atoms with Gasteiger partial charge in [-0.25, -0.2) is 0 Å². The van der Waals surface area contributed by atoms with Gasteiger partial charge < -0.3 is 5.73 Å². The zero-order valence-corrected chi connectivity index (χ0v) is 6.35. The maximum absolute atomic E-state index is 5.75. The van der Waals surface area contributed by atoms with Gasteiger partial charge in [-0.2, -0.15) is 0 Å². The van der Waals surface area contributed by atoms with Crippen molar-refractivity contribution < 1.29 is 0 Å². The first-order chi connectivity index (χ1) is 4.20. The molecule has 1 saturated carbocycles. The second-order valence-corrected chi connectivity index (χ2v) is 3.35. The van der Waals surface area contributed by atoms with E-state index in [0.29, 0.717) is 6.04 Å². The van der Waals surface area contributed by atoms with Crippen LogP contribution in [0.25, 0.3) is 0 Å². The highest BCUT2D eigenvalue weighted by Gasteiger charge is 2.23. The molecule has 1 aliphatic carbocycles. The smallest absolute Gasteiger partial charge is 0.00417 e. The van der Waals surface area contributed by atoms with Crippen molar-refractivity contribution in [3.8, 4) is 0 Å². The minimum absolute atomic E-state index is 0.491. The molecule has 9 heavy (non-hydrogen) atoms. The molecule has 53 valence electrons. The average molecular weight is 126 g/mol. The van der Waals surface area contributed by atoms with E-state index in [2.05, 4.69) is 13.8 Å². The van der Waals surface area contributed by atoms with Gasteiger partial charge in [0.15, 0.2) is 0 Å².